The number of hydrogen-bond acceptors (Lipinski definition) is 1. The molecule has 1 nitrogen and oxygen atoms in total. The molecular weight excluding hydrogens is 201 g/mol. The van der Waals surface area contributed by atoms with Crippen molar-refractivity contribution in [1.29, 1.82) is 0 Å². The maximum Gasteiger partial charge on any atom is 0.126 e. The molecule has 0 fully saturated rings. The third-order valence-electron chi connectivity index (χ3n) is 3.42. The molecule has 0 spiro atoms. The van der Waals surface area contributed by atoms with Gasteiger partial charge in [0, 0.05) is 12.1 Å². The highest BCUT2D eigenvalue weighted by atomic mass is 19.1. The molecule has 2 heteroatoms. The maximum absolute atomic E-state index is 13.5. The molecule has 1 aromatic rings. The molecule has 2 atom stereocenters. The van der Waals surface area contributed by atoms with E-state index in [1.165, 1.54) is 18.4 Å². The summed E-state index contributed by atoms with van der Waals surface area (Å²) < 4.78 is 13.5. The standard InChI is InChI=1S/C14H20FN/c1-3-5-10(2)16-14-9-8-11-12(14)6-4-7-13(11)15/h4,6-7,10,14,16H,3,5,8-9H2,1-2H3. The van der Waals surface area contributed by atoms with Crippen molar-refractivity contribution in [2.45, 2.75) is 51.6 Å². The summed E-state index contributed by atoms with van der Waals surface area (Å²) in [5.74, 6) is -0.0371. The summed E-state index contributed by atoms with van der Waals surface area (Å²) >= 11 is 0. The van der Waals surface area contributed by atoms with E-state index < -0.39 is 0 Å². The van der Waals surface area contributed by atoms with Gasteiger partial charge in [-0.1, -0.05) is 25.5 Å². The lowest BCUT2D eigenvalue weighted by molar-refractivity contribution is 0.431. The number of benzene rings is 1. The lowest BCUT2D eigenvalue weighted by Gasteiger charge is -2.19. The number of fused-ring (bicyclic) bond motifs is 1. The zero-order valence-electron chi connectivity index (χ0n) is 10.1. The fourth-order valence-electron chi connectivity index (χ4n) is 2.64. The van der Waals surface area contributed by atoms with Gasteiger partial charge in [-0.3, -0.25) is 0 Å². The second-order valence-corrected chi connectivity index (χ2v) is 4.76. The Morgan fingerprint density at radius 1 is 1.50 bits per heavy atom. The minimum atomic E-state index is -0.0371. The van der Waals surface area contributed by atoms with Gasteiger partial charge in [0.05, 0.1) is 0 Å². The van der Waals surface area contributed by atoms with Crippen LogP contribution in [0.5, 0.6) is 0 Å². The summed E-state index contributed by atoms with van der Waals surface area (Å²) in [6.45, 7) is 4.40. The molecule has 2 unspecified atom stereocenters. The van der Waals surface area contributed by atoms with Gasteiger partial charge in [-0.15, -0.1) is 0 Å². The fraction of sp³-hybridized carbons (Fsp3) is 0.571. The largest absolute Gasteiger partial charge is 0.307 e. The minimum Gasteiger partial charge on any atom is -0.307 e. The Labute approximate surface area is 97.1 Å². The Morgan fingerprint density at radius 3 is 3.06 bits per heavy atom. The zero-order valence-corrected chi connectivity index (χ0v) is 10.1. The molecule has 1 N–H and O–H groups in total. The van der Waals surface area contributed by atoms with Crippen molar-refractivity contribution < 1.29 is 4.39 Å². The second-order valence-electron chi connectivity index (χ2n) is 4.76. The van der Waals surface area contributed by atoms with Gasteiger partial charge in [0.25, 0.3) is 0 Å². The smallest absolute Gasteiger partial charge is 0.126 e. The maximum atomic E-state index is 13.5. The van der Waals surface area contributed by atoms with Gasteiger partial charge in [0.15, 0.2) is 0 Å². The van der Waals surface area contributed by atoms with E-state index in [1.807, 2.05) is 6.07 Å². The van der Waals surface area contributed by atoms with E-state index >= 15 is 0 Å². The van der Waals surface area contributed by atoms with Gasteiger partial charge >= 0.3 is 0 Å². The molecule has 1 aromatic carbocycles. The third-order valence-corrected chi connectivity index (χ3v) is 3.42. The average molecular weight is 221 g/mol. The van der Waals surface area contributed by atoms with Gasteiger partial charge in [0.1, 0.15) is 5.82 Å². The Kier molecular flexibility index (Phi) is 3.59. The molecule has 0 saturated heterocycles. The SMILES string of the molecule is CCCC(C)NC1CCc2c(F)cccc21. The summed E-state index contributed by atoms with van der Waals surface area (Å²) in [5.41, 5.74) is 2.09. The van der Waals surface area contributed by atoms with Crippen LogP contribution in [-0.4, -0.2) is 6.04 Å². The predicted molar refractivity (Wildman–Crippen MR) is 65.0 cm³/mol. The number of halogens is 1. The van der Waals surface area contributed by atoms with Crippen LogP contribution < -0.4 is 5.32 Å². The second kappa shape index (κ2) is 4.96. The highest BCUT2D eigenvalue weighted by Gasteiger charge is 2.25. The molecule has 0 radical (unpaired) electrons. The predicted octanol–water partition coefficient (Wildman–Crippen LogP) is 3.59. The molecule has 0 amide bonds. The molecule has 16 heavy (non-hydrogen) atoms. The van der Waals surface area contributed by atoms with Crippen molar-refractivity contribution in [3.05, 3.63) is 35.1 Å². The summed E-state index contributed by atoms with van der Waals surface area (Å²) in [4.78, 5) is 0. The van der Waals surface area contributed by atoms with Gasteiger partial charge in [-0.05, 0) is 43.4 Å². The molecule has 88 valence electrons. The molecular formula is C14H20FN. The minimum absolute atomic E-state index is 0.0371. The van der Waals surface area contributed by atoms with E-state index in [9.17, 15) is 4.39 Å². The first-order valence-electron chi connectivity index (χ1n) is 6.25. The number of hydrogen-bond donors (Lipinski definition) is 1. The van der Waals surface area contributed by atoms with Crippen LogP contribution in [-0.2, 0) is 6.42 Å². The Balaban J connectivity index is 2.09. The van der Waals surface area contributed by atoms with Gasteiger partial charge in [0.2, 0.25) is 0 Å². The zero-order chi connectivity index (χ0) is 11.5. The highest BCUT2D eigenvalue weighted by Crippen LogP contribution is 2.33. The van der Waals surface area contributed by atoms with Crippen LogP contribution in [0.1, 0.15) is 50.3 Å². The van der Waals surface area contributed by atoms with Gasteiger partial charge < -0.3 is 5.32 Å². The first-order chi connectivity index (χ1) is 7.72. The van der Waals surface area contributed by atoms with E-state index in [4.69, 9.17) is 0 Å². The average Bonchev–Trinajstić information content (AvgIpc) is 2.64. The first-order valence-corrected chi connectivity index (χ1v) is 6.25. The van der Waals surface area contributed by atoms with Crippen molar-refractivity contribution in [2.24, 2.45) is 0 Å². The Bertz CT molecular complexity index is 362. The quantitative estimate of drug-likeness (QED) is 0.819. The van der Waals surface area contributed by atoms with Crippen molar-refractivity contribution in [3.8, 4) is 0 Å². The lowest BCUT2D eigenvalue weighted by Crippen LogP contribution is -2.29. The third kappa shape index (κ3) is 2.27. The van der Waals surface area contributed by atoms with Crippen LogP contribution in [0, 0.1) is 5.82 Å². The number of rotatable bonds is 4. The van der Waals surface area contributed by atoms with Crippen LogP contribution in [0.3, 0.4) is 0 Å². The van der Waals surface area contributed by atoms with Crippen molar-refractivity contribution in [1.82, 2.24) is 5.32 Å². The van der Waals surface area contributed by atoms with Gasteiger partial charge in [-0.2, -0.15) is 0 Å². The molecule has 0 heterocycles. The Hall–Kier alpha value is -0.890. The van der Waals surface area contributed by atoms with Crippen molar-refractivity contribution in [2.75, 3.05) is 0 Å². The van der Waals surface area contributed by atoms with E-state index in [1.54, 1.807) is 6.07 Å². The highest BCUT2D eigenvalue weighted by molar-refractivity contribution is 5.35. The summed E-state index contributed by atoms with van der Waals surface area (Å²) in [6, 6.07) is 6.31. The van der Waals surface area contributed by atoms with Crippen molar-refractivity contribution >= 4 is 0 Å². The van der Waals surface area contributed by atoms with Crippen LogP contribution in [0.2, 0.25) is 0 Å². The van der Waals surface area contributed by atoms with Crippen molar-refractivity contribution in [3.63, 3.8) is 0 Å². The topological polar surface area (TPSA) is 12.0 Å². The van der Waals surface area contributed by atoms with E-state index in [-0.39, 0.29) is 5.82 Å². The summed E-state index contributed by atoms with van der Waals surface area (Å²) in [7, 11) is 0. The molecule has 1 aliphatic rings. The molecule has 0 aromatic heterocycles. The van der Waals surface area contributed by atoms with Crippen LogP contribution in [0.15, 0.2) is 18.2 Å². The fourth-order valence-corrected chi connectivity index (χ4v) is 2.64. The molecule has 0 saturated carbocycles. The van der Waals surface area contributed by atoms with E-state index in [0.29, 0.717) is 12.1 Å². The molecule has 1 aliphatic carbocycles. The normalized spacial score (nSPS) is 20.8. The molecule has 0 aliphatic heterocycles. The first kappa shape index (κ1) is 11.6. The summed E-state index contributed by atoms with van der Waals surface area (Å²) in [5, 5.41) is 3.60. The van der Waals surface area contributed by atoms with Gasteiger partial charge in [-0.25, -0.2) is 4.39 Å². The van der Waals surface area contributed by atoms with Crippen LogP contribution in [0.25, 0.3) is 0 Å². The number of nitrogens with one attached hydrogen (secondary N) is 1. The molecule has 0 bridgehead atoms. The van der Waals surface area contributed by atoms with E-state index in [2.05, 4.69) is 25.2 Å². The van der Waals surface area contributed by atoms with E-state index in [0.717, 1.165) is 18.4 Å². The molecule has 2 rings (SSSR count). The Morgan fingerprint density at radius 2 is 2.31 bits per heavy atom. The van der Waals surface area contributed by atoms with Crippen LogP contribution >= 0.6 is 0 Å². The summed E-state index contributed by atoms with van der Waals surface area (Å²) in [6.07, 6.45) is 4.28. The monoisotopic (exact) mass is 221 g/mol. The lowest BCUT2D eigenvalue weighted by atomic mass is 10.1. The van der Waals surface area contributed by atoms with Crippen LogP contribution in [0.4, 0.5) is 4.39 Å².